The maximum atomic E-state index is 11.3. The SMILES string of the molecule is CNC(CSCC(O)CO)C(=O)OCP. The Bertz CT molecular complexity index is 184. The van der Waals surface area contributed by atoms with Gasteiger partial charge in [0, 0.05) is 11.5 Å². The van der Waals surface area contributed by atoms with Crippen LogP contribution in [0.25, 0.3) is 0 Å². The van der Waals surface area contributed by atoms with E-state index >= 15 is 0 Å². The highest BCUT2D eigenvalue weighted by Crippen LogP contribution is 2.06. The summed E-state index contributed by atoms with van der Waals surface area (Å²) < 4.78 is 4.82. The molecule has 0 aromatic heterocycles. The van der Waals surface area contributed by atoms with Gasteiger partial charge < -0.3 is 20.3 Å². The van der Waals surface area contributed by atoms with E-state index < -0.39 is 6.10 Å². The van der Waals surface area contributed by atoms with Crippen molar-refractivity contribution in [2.75, 3.05) is 31.5 Å². The fourth-order valence-electron chi connectivity index (χ4n) is 0.827. The minimum Gasteiger partial charge on any atom is -0.460 e. The average molecular weight is 255 g/mol. The highest BCUT2D eigenvalue weighted by Gasteiger charge is 2.17. The summed E-state index contributed by atoms with van der Waals surface area (Å²) in [4.78, 5) is 11.3. The second-order valence-corrected chi connectivity index (χ2v) is 4.25. The number of ether oxygens (including phenoxy) is 1. The molecule has 5 nitrogen and oxygen atoms in total. The summed E-state index contributed by atoms with van der Waals surface area (Å²) in [5, 5.41) is 20.5. The zero-order chi connectivity index (χ0) is 11.7. The van der Waals surface area contributed by atoms with Gasteiger partial charge in [-0.1, -0.05) is 9.24 Å². The first-order valence-corrected chi connectivity index (χ1v) is 6.53. The minimum absolute atomic E-state index is 0.257. The topological polar surface area (TPSA) is 78.8 Å². The van der Waals surface area contributed by atoms with Crippen LogP contribution < -0.4 is 5.32 Å². The van der Waals surface area contributed by atoms with Gasteiger partial charge in [0.05, 0.1) is 12.7 Å². The van der Waals surface area contributed by atoms with Crippen molar-refractivity contribution in [3.63, 3.8) is 0 Å². The van der Waals surface area contributed by atoms with E-state index in [1.807, 2.05) is 0 Å². The van der Waals surface area contributed by atoms with Gasteiger partial charge in [-0.05, 0) is 7.05 Å². The third-order valence-corrected chi connectivity index (χ3v) is 3.02. The molecule has 0 aliphatic heterocycles. The summed E-state index contributed by atoms with van der Waals surface area (Å²) >= 11 is 1.39. The lowest BCUT2D eigenvalue weighted by atomic mass is 10.3. The molecule has 90 valence electrons. The zero-order valence-corrected chi connectivity index (χ0v) is 10.7. The van der Waals surface area contributed by atoms with Gasteiger partial charge in [-0.2, -0.15) is 11.8 Å². The number of thioether (sulfide) groups is 1. The molecular weight excluding hydrogens is 237 g/mol. The number of aliphatic hydroxyl groups excluding tert-OH is 2. The molecule has 7 heteroatoms. The molecule has 0 heterocycles. The van der Waals surface area contributed by atoms with E-state index in [9.17, 15) is 4.79 Å². The number of carbonyl (C=O) groups is 1. The van der Waals surface area contributed by atoms with Crippen LogP contribution in [0.5, 0.6) is 0 Å². The number of aliphatic hydroxyl groups is 2. The van der Waals surface area contributed by atoms with Crippen molar-refractivity contribution >= 4 is 27.0 Å². The lowest BCUT2D eigenvalue weighted by molar-refractivity contribution is -0.143. The maximum absolute atomic E-state index is 11.3. The first kappa shape index (κ1) is 15.1. The van der Waals surface area contributed by atoms with Crippen LogP contribution in [-0.4, -0.2) is 59.8 Å². The van der Waals surface area contributed by atoms with E-state index in [1.54, 1.807) is 7.05 Å². The number of nitrogens with one attached hydrogen (secondary N) is 1. The van der Waals surface area contributed by atoms with E-state index in [-0.39, 0.29) is 25.0 Å². The number of esters is 1. The molecule has 3 unspecified atom stereocenters. The van der Waals surface area contributed by atoms with Gasteiger partial charge >= 0.3 is 5.97 Å². The van der Waals surface area contributed by atoms with Crippen LogP contribution in [0.2, 0.25) is 0 Å². The first-order valence-electron chi connectivity index (χ1n) is 4.56. The molecule has 15 heavy (non-hydrogen) atoms. The van der Waals surface area contributed by atoms with Crippen LogP contribution in [0.1, 0.15) is 0 Å². The molecule has 0 spiro atoms. The molecule has 0 amide bonds. The monoisotopic (exact) mass is 255 g/mol. The fraction of sp³-hybridized carbons (Fsp3) is 0.875. The third-order valence-electron chi connectivity index (χ3n) is 1.66. The van der Waals surface area contributed by atoms with Gasteiger partial charge in [0.2, 0.25) is 0 Å². The Balaban J connectivity index is 3.74. The lowest BCUT2D eigenvalue weighted by Gasteiger charge is -2.14. The molecule has 0 saturated heterocycles. The Morgan fingerprint density at radius 3 is 2.73 bits per heavy atom. The number of rotatable bonds is 8. The fourth-order valence-corrected chi connectivity index (χ4v) is 2.04. The Kier molecular flexibility index (Phi) is 9.44. The van der Waals surface area contributed by atoms with Crippen molar-refractivity contribution < 1.29 is 19.7 Å². The Morgan fingerprint density at radius 2 is 2.27 bits per heavy atom. The largest absolute Gasteiger partial charge is 0.460 e. The quantitative estimate of drug-likeness (QED) is 0.383. The highest BCUT2D eigenvalue weighted by atomic mass is 32.2. The summed E-state index contributed by atoms with van der Waals surface area (Å²) in [7, 11) is 3.99. The smallest absolute Gasteiger partial charge is 0.324 e. The number of hydrogen-bond acceptors (Lipinski definition) is 6. The lowest BCUT2D eigenvalue weighted by Crippen LogP contribution is -2.38. The van der Waals surface area contributed by atoms with Gasteiger partial charge in [-0.3, -0.25) is 4.79 Å². The second kappa shape index (κ2) is 9.36. The van der Waals surface area contributed by atoms with Gasteiger partial charge in [0.25, 0.3) is 0 Å². The third kappa shape index (κ3) is 7.09. The molecule has 0 fully saturated rings. The van der Waals surface area contributed by atoms with Crippen molar-refractivity contribution in [2.24, 2.45) is 0 Å². The molecule has 0 saturated carbocycles. The summed E-state index contributed by atoms with van der Waals surface area (Å²) in [6.07, 6.45) is -0.453. The Morgan fingerprint density at radius 1 is 1.60 bits per heavy atom. The number of likely N-dealkylation sites (N-methyl/N-ethyl adjacent to an activating group) is 1. The zero-order valence-electron chi connectivity index (χ0n) is 8.68. The normalized spacial score (nSPS) is 14.7. The van der Waals surface area contributed by atoms with Crippen molar-refractivity contribution in [3.05, 3.63) is 0 Å². The first-order chi connectivity index (χ1) is 7.15. The molecule has 3 N–H and O–H groups in total. The molecule has 0 aliphatic rings. The molecule has 0 bridgehead atoms. The van der Waals surface area contributed by atoms with E-state index in [0.717, 1.165) is 0 Å². The van der Waals surface area contributed by atoms with Gasteiger partial charge in [0.15, 0.2) is 0 Å². The van der Waals surface area contributed by atoms with Crippen LogP contribution >= 0.6 is 21.0 Å². The van der Waals surface area contributed by atoms with Crippen molar-refractivity contribution in [1.29, 1.82) is 0 Å². The summed E-state index contributed by atoms with van der Waals surface area (Å²) in [5.41, 5.74) is 0. The van der Waals surface area contributed by atoms with Crippen LogP contribution in [0.4, 0.5) is 0 Å². The Hall–Kier alpha value is 0.130. The van der Waals surface area contributed by atoms with Crippen molar-refractivity contribution in [3.8, 4) is 0 Å². The van der Waals surface area contributed by atoms with Crippen molar-refractivity contribution in [1.82, 2.24) is 5.32 Å². The molecule has 3 atom stereocenters. The van der Waals surface area contributed by atoms with Crippen LogP contribution in [0, 0.1) is 0 Å². The molecule has 0 radical (unpaired) electrons. The second-order valence-electron chi connectivity index (χ2n) is 2.85. The number of hydrogen-bond donors (Lipinski definition) is 3. The van der Waals surface area contributed by atoms with Crippen LogP contribution in [0.15, 0.2) is 0 Å². The van der Waals surface area contributed by atoms with Gasteiger partial charge in [-0.15, -0.1) is 0 Å². The summed E-state index contributed by atoms with van der Waals surface area (Å²) in [5.74, 6) is 0.610. The van der Waals surface area contributed by atoms with E-state index in [2.05, 4.69) is 14.6 Å². The van der Waals surface area contributed by atoms with Crippen LogP contribution in [-0.2, 0) is 9.53 Å². The average Bonchev–Trinajstić information content (AvgIpc) is 2.24. The molecular formula is C8H18NO4PS. The van der Waals surface area contributed by atoms with Gasteiger partial charge in [0.1, 0.15) is 12.4 Å². The van der Waals surface area contributed by atoms with Gasteiger partial charge in [-0.25, -0.2) is 0 Å². The van der Waals surface area contributed by atoms with E-state index in [4.69, 9.17) is 14.9 Å². The van der Waals surface area contributed by atoms with E-state index in [0.29, 0.717) is 11.5 Å². The standard InChI is InChI=1S/C8H18NO4PS/c1-9-7(8(12)13-5-14)4-15-3-6(11)2-10/h6-7,9-11H,2-5,14H2,1H3. The molecule has 0 aromatic rings. The highest BCUT2D eigenvalue weighted by molar-refractivity contribution is 7.99. The van der Waals surface area contributed by atoms with E-state index in [1.165, 1.54) is 11.8 Å². The van der Waals surface area contributed by atoms with Crippen molar-refractivity contribution in [2.45, 2.75) is 12.1 Å². The molecule has 0 rings (SSSR count). The Labute approximate surface area is 96.2 Å². The number of carbonyl (C=O) groups excluding carboxylic acids is 1. The predicted molar refractivity (Wildman–Crippen MR) is 63.9 cm³/mol. The summed E-state index contributed by atoms with van der Waals surface area (Å²) in [6, 6.07) is -0.374. The van der Waals surface area contributed by atoms with Crippen LogP contribution in [0.3, 0.4) is 0 Å². The predicted octanol–water partition coefficient (Wildman–Crippen LogP) is -0.963. The molecule has 0 aliphatic carbocycles. The maximum Gasteiger partial charge on any atom is 0.324 e. The molecule has 0 aromatic carbocycles. The minimum atomic E-state index is -0.731. The summed E-state index contributed by atoms with van der Waals surface area (Å²) in [6.45, 7) is -0.257.